The smallest absolute Gasteiger partial charge is 0.181 e. The second-order valence-corrected chi connectivity index (χ2v) is 2.96. The van der Waals surface area contributed by atoms with Crippen molar-refractivity contribution in [1.82, 2.24) is 9.97 Å². The molecule has 0 saturated carbocycles. The fourth-order valence-corrected chi connectivity index (χ4v) is 1.36. The molecule has 2 aromatic heterocycles. The molecule has 0 N–H and O–H groups in total. The summed E-state index contributed by atoms with van der Waals surface area (Å²) in [6, 6.07) is 3.76. The Morgan fingerprint density at radius 3 is 3.00 bits per heavy atom. The lowest BCUT2D eigenvalue weighted by Gasteiger charge is -1.96. The van der Waals surface area contributed by atoms with Gasteiger partial charge < -0.3 is 4.42 Å². The number of nitrogens with zero attached hydrogens (tertiary/aromatic N) is 2. The highest BCUT2D eigenvalue weighted by atomic mass is 79.9. The van der Waals surface area contributed by atoms with Crippen molar-refractivity contribution in [2.75, 3.05) is 0 Å². The van der Waals surface area contributed by atoms with Gasteiger partial charge in [-0.15, -0.1) is 0 Å². The van der Waals surface area contributed by atoms with Crippen molar-refractivity contribution in [3.63, 3.8) is 0 Å². The first-order valence-electron chi connectivity index (χ1n) is 3.37. The zero-order valence-corrected chi connectivity index (χ0v) is 7.65. The first-order valence-corrected chi connectivity index (χ1v) is 4.16. The van der Waals surface area contributed by atoms with E-state index in [-0.39, 0.29) is 0 Å². The molecule has 0 unspecified atom stereocenters. The van der Waals surface area contributed by atoms with E-state index in [9.17, 15) is 0 Å². The number of rotatable bonds is 1. The van der Waals surface area contributed by atoms with E-state index < -0.39 is 0 Å². The predicted octanol–water partition coefficient (Wildman–Crippen LogP) is 2.50. The lowest BCUT2D eigenvalue weighted by atomic mass is 10.2. The van der Waals surface area contributed by atoms with Gasteiger partial charge >= 0.3 is 0 Å². The van der Waals surface area contributed by atoms with Gasteiger partial charge in [0.05, 0.1) is 11.8 Å². The molecule has 0 radical (unpaired) electrons. The molecule has 2 aromatic rings. The highest BCUT2D eigenvalue weighted by Gasteiger charge is 2.05. The Kier molecular flexibility index (Phi) is 1.91. The second kappa shape index (κ2) is 3.06. The van der Waals surface area contributed by atoms with Gasteiger partial charge in [-0.25, -0.2) is 9.97 Å². The van der Waals surface area contributed by atoms with Crippen molar-refractivity contribution in [2.24, 2.45) is 0 Å². The second-order valence-electron chi connectivity index (χ2n) is 2.21. The average Bonchev–Trinajstić information content (AvgIpc) is 2.57. The number of pyridine rings is 1. The van der Waals surface area contributed by atoms with Gasteiger partial charge in [0.2, 0.25) is 0 Å². The molecular weight excluding hydrogens is 220 g/mol. The molecule has 0 fully saturated rings. The van der Waals surface area contributed by atoms with E-state index in [1.54, 1.807) is 12.4 Å². The highest BCUT2D eigenvalue weighted by Crippen LogP contribution is 2.24. The van der Waals surface area contributed by atoms with Crippen LogP contribution in [0.5, 0.6) is 0 Å². The third-order valence-corrected chi connectivity index (χ3v) is 2.09. The number of hydrogen-bond acceptors (Lipinski definition) is 3. The maximum absolute atomic E-state index is 5.12. The molecule has 4 heteroatoms. The average molecular weight is 225 g/mol. The maximum atomic E-state index is 5.12. The van der Waals surface area contributed by atoms with Crippen LogP contribution in [0.2, 0.25) is 0 Å². The summed E-state index contributed by atoms with van der Waals surface area (Å²) >= 11 is 3.32. The summed E-state index contributed by atoms with van der Waals surface area (Å²) in [6.45, 7) is 0. The molecule has 0 saturated heterocycles. The van der Waals surface area contributed by atoms with E-state index in [0.717, 1.165) is 15.9 Å². The van der Waals surface area contributed by atoms with Crippen LogP contribution in [0, 0.1) is 0 Å². The normalized spacial score (nSPS) is 10.1. The molecular formula is C8H5BrN2O. The summed E-state index contributed by atoms with van der Waals surface area (Å²) in [6.07, 6.45) is 4.76. The molecule has 0 spiro atoms. The third-order valence-electron chi connectivity index (χ3n) is 1.46. The third kappa shape index (κ3) is 1.25. The lowest BCUT2D eigenvalue weighted by Crippen LogP contribution is -1.79. The van der Waals surface area contributed by atoms with Crippen LogP contribution >= 0.6 is 15.9 Å². The van der Waals surface area contributed by atoms with Gasteiger partial charge in [0.15, 0.2) is 12.2 Å². The maximum Gasteiger partial charge on any atom is 0.181 e. The van der Waals surface area contributed by atoms with Crippen LogP contribution in [-0.2, 0) is 0 Å². The van der Waals surface area contributed by atoms with E-state index in [2.05, 4.69) is 25.9 Å². The summed E-state index contributed by atoms with van der Waals surface area (Å²) < 4.78 is 5.88. The Labute approximate surface area is 77.6 Å². The van der Waals surface area contributed by atoms with Gasteiger partial charge in [-0.05, 0) is 28.1 Å². The predicted molar refractivity (Wildman–Crippen MR) is 47.4 cm³/mol. The summed E-state index contributed by atoms with van der Waals surface area (Å²) in [7, 11) is 0. The molecule has 0 atom stereocenters. The zero-order chi connectivity index (χ0) is 8.39. The first kappa shape index (κ1) is 7.49. The lowest BCUT2D eigenvalue weighted by molar-refractivity contribution is 0.571. The standard InChI is InChI=1S/C8H5BrN2O/c9-8-6(2-1-3-11-8)7-4-10-5-12-7/h1-5H. The van der Waals surface area contributed by atoms with Gasteiger partial charge in [0.1, 0.15) is 4.60 Å². The number of hydrogen-bond donors (Lipinski definition) is 0. The van der Waals surface area contributed by atoms with Crippen molar-refractivity contribution in [3.05, 3.63) is 35.5 Å². The summed E-state index contributed by atoms with van der Waals surface area (Å²) in [5, 5.41) is 0. The molecule has 2 heterocycles. The van der Waals surface area contributed by atoms with Crippen LogP contribution in [-0.4, -0.2) is 9.97 Å². The van der Waals surface area contributed by atoms with Crippen molar-refractivity contribution in [1.29, 1.82) is 0 Å². The first-order chi connectivity index (χ1) is 5.88. The molecule has 60 valence electrons. The van der Waals surface area contributed by atoms with Gasteiger partial charge in [-0.2, -0.15) is 0 Å². The number of halogens is 1. The van der Waals surface area contributed by atoms with Crippen molar-refractivity contribution < 1.29 is 4.42 Å². The fraction of sp³-hybridized carbons (Fsp3) is 0. The Balaban J connectivity index is 2.55. The zero-order valence-electron chi connectivity index (χ0n) is 6.07. The Hall–Kier alpha value is -1.16. The van der Waals surface area contributed by atoms with E-state index in [1.165, 1.54) is 6.39 Å². The van der Waals surface area contributed by atoms with E-state index in [0.29, 0.717) is 0 Å². The minimum Gasteiger partial charge on any atom is -0.443 e. The molecule has 0 aliphatic heterocycles. The summed E-state index contributed by atoms with van der Waals surface area (Å²) in [4.78, 5) is 7.89. The van der Waals surface area contributed by atoms with E-state index in [4.69, 9.17) is 4.42 Å². The molecule has 0 aliphatic carbocycles. The fourth-order valence-electron chi connectivity index (χ4n) is 0.919. The highest BCUT2D eigenvalue weighted by molar-refractivity contribution is 9.10. The Morgan fingerprint density at radius 2 is 2.33 bits per heavy atom. The Bertz CT molecular complexity index is 372. The molecule has 12 heavy (non-hydrogen) atoms. The van der Waals surface area contributed by atoms with Gasteiger partial charge in [-0.3, -0.25) is 0 Å². The summed E-state index contributed by atoms with van der Waals surface area (Å²) in [5.41, 5.74) is 0.912. The van der Waals surface area contributed by atoms with Crippen LogP contribution < -0.4 is 0 Å². The van der Waals surface area contributed by atoms with E-state index >= 15 is 0 Å². The molecule has 2 rings (SSSR count). The summed E-state index contributed by atoms with van der Waals surface area (Å²) in [5.74, 6) is 0.718. The Morgan fingerprint density at radius 1 is 1.42 bits per heavy atom. The molecule has 0 amide bonds. The van der Waals surface area contributed by atoms with Crippen molar-refractivity contribution in [2.45, 2.75) is 0 Å². The monoisotopic (exact) mass is 224 g/mol. The number of aromatic nitrogens is 2. The topological polar surface area (TPSA) is 38.9 Å². The molecule has 3 nitrogen and oxygen atoms in total. The van der Waals surface area contributed by atoms with Crippen LogP contribution in [0.1, 0.15) is 0 Å². The van der Waals surface area contributed by atoms with Crippen molar-refractivity contribution >= 4 is 15.9 Å². The minimum absolute atomic E-state index is 0.718. The quantitative estimate of drug-likeness (QED) is 0.700. The van der Waals surface area contributed by atoms with Gasteiger partial charge in [-0.1, -0.05) is 0 Å². The molecule has 0 aliphatic rings. The molecule has 0 bridgehead atoms. The van der Waals surface area contributed by atoms with Crippen LogP contribution in [0.25, 0.3) is 11.3 Å². The van der Waals surface area contributed by atoms with Crippen LogP contribution in [0.4, 0.5) is 0 Å². The van der Waals surface area contributed by atoms with Crippen LogP contribution in [0.3, 0.4) is 0 Å². The number of oxazole rings is 1. The van der Waals surface area contributed by atoms with Gasteiger partial charge in [0, 0.05) is 6.20 Å². The molecule has 0 aromatic carbocycles. The minimum atomic E-state index is 0.718. The largest absolute Gasteiger partial charge is 0.443 e. The van der Waals surface area contributed by atoms with Crippen molar-refractivity contribution in [3.8, 4) is 11.3 Å². The SMILES string of the molecule is Brc1ncccc1-c1cnco1. The van der Waals surface area contributed by atoms with Gasteiger partial charge in [0.25, 0.3) is 0 Å². The van der Waals surface area contributed by atoms with E-state index in [1.807, 2.05) is 12.1 Å². The van der Waals surface area contributed by atoms with Crippen LogP contribution in [0.15, 0.2) is 39.9 Å².